The van der Waals surface area contributed by atoms with E-state index in [9.17, 15) is 9.59 Å². The first kappa shape index (κ1) is 15.4. The highest BCUT2D eigenvalue weighted by molar-refractivity contribution is 7.13. The molecule has 0 radical (unpaired) electrons. The molecule has 0 unspecified atom stereocenters. The molecule has 1 aromatic heterocycles. The lowest BCUT2D eigenvalue weighted by atomic mass is 10.2. The summed E-state index contributed by atoms with van der Waals surface area (Å²) < 4.78 is 10.6. The Balaban J connectivity index is 1.46. The molecule has 0 spiro atoms. The van der Waals surface area contributed by atoms with E-state index >= 15 is 0 Å². The van der Waals surface area contributed by atoms with E-state index in [1.165, 1.54) is 11.3 Å². The Hall–Kier alpha value is -1.51. The number of hydrogen-bond donors (Lipinski definition) is 2. The van der Waals surface area contributed by atoms with E-state index in [0.29, 0.717) is 24.9 Å². The first-order chi connectivity index (χ1) is 10.7. The smallest absolute Gasteiger partial charge is 0.255 e. The third kappa shape index (κ3) is 3.82. The monoisotopic (exact) mass is 325 g/mol. The molecule has 7 nitrogen and oxygen atoms in total. The van der Waals surface area contributed by atoms with Crippen LogP contribution in [-0.4, -0.2) is 42.2 Å². The maximum absolute atomic E-state index is 11.9. The number of thiazole rings is 1. The van der Waals surface area contributed by atoms with E-state index in [2.05, 4.69) is 15.6 Å². The Morgan fingerprint density at radius 3 is 2.50 bits per heavy atom. The molecular formula is C14H19N3O4S. The molecule has 1 aromatic rings. The fourth-order valence-electron chi connectivity index (χ4n) is 2.49. The number of rotatable bonds is 5. The van der Waals surface area contributed by atoms with Crippen molar-refractivity contribution in [1.29, 1.82) is 0 Å². The lowest BCUT2D eigenvalue weighted by Gasteiger charge is -2.09. The zero-order valence-corrected chi connectivity index (χ0v) is 13.0. The maximum atomic E-state index is 11.9. The Bertz CT molecular complexity index is 536. The Kier molecular flexibility index (Phi) is 5.01. The molecule has 2 aliphatic heterocycles. The molecule has 120 valence electrons. The number of nitrogens with one attached hydrogen (secondary N) is 2. The number of carbonyl (C=O) groups excluding carboxylic acids is 2. The van der Waals surface area contributed by atoms with Gasteiger partial charge in [0.25, 0.3) is 5.91 Å². The number of aromatic nitrogens is 1. The molecule has 2 atom stereocenters. The fourth-order valence-corrected chi connectivity index (χ4v) is 3.21. The molecule has 0 aromatic carbocycles. The molecule has 0 bridgehead atoms. The van der Waals surface area contributed by atoms with Crippen molar-refractivity contribution in [3.05, 3.63) is 11.1 Å². The van der Waals surface area contributed by atoms with Crippen LogP contribution < -0.4 is 10.6 Å². The summed E-state index contributed by atoms with van der Waals surface area (Å²) in [6.07, 6.45) is 2.65. The molecule has 3 heterocycles. The second kappa shape index (κ2) is 7.17. The molecule has 8 heteroatoms. The predicted octanol–water partition coefficient (Wildman–Crippen LogP) is 1.06. The van der Waals surface area contributed by atoms with Crippen LogP contribution in [0.3, 0.4) is 0 Å². The van der Waals surface area contributed by atoms with Crippen LogP contribution in [0.5, 0.6) is 0 Å². The van der Waals surface area contributed by atoms with Gasteiger partial charge in [-0.25, -0.2) is 4.98 Å². The Morgan fingerprint density at radius 1 is 1.18 bits per heavy atom. The van der Waals surface area contributed by atoms with Gasteiger partial charge < -0.3 is 14.8 Å². The van der Waals surface area contributed by atoms with Crippen LogP contribution in [0.25, 0.3) is 0 Å². The van der Waals surface area contributed by atoms with Crippen molar-refractivity contribution >= 4 is 28.3 Å². The fraction of sp³-hybridized carbons (Fsp3) is 0.643. The van der Waals surface area contributed by atoms with Crippen molar-refractivity contribution in [2.75, 3.05) is 18.5 Å². The lowest BCUT2D eigenvalue weighted by Crippen LogP contribution is -2.33. The van der Waals surface area contributed by atoms with Crippen molar-refractivity contribution < 1.29 is 19.1 Å². The van der Waals surface area contributed by atoms with Crippen molar-refractivity contribution in [3.63, 3.8) is 0 Å². The highest BCUT2D eigenvalue weighted by Gasteiger charge is 2.25. The van der Waals surface area contributed by atoms with Gasteiger partial charge in [-0.15, -0.1) is 11.3 Å². The number of nitrogens with zero attached hydrogens (tertiary/aromatic N) is 1. The van der Waals surface area contributed by atoms with E-state index in [-0.39, 0.29) is 24.0 Å². The van der Waals surface area contributed by atoms with Crippen molar-refractivity contribution in [2.24, 2.45) is 0 Å². The predicted molar refractivity (Wildman–Crippen MR) is 80.5 cm³/mol. The minimum atomic E-state index is -0.369. The van der Waals surface area contributed by atoms with E-state index in [4.69, 9.17) is 9.47 Å². The number of carbonyl (C=O) groups is 2. The third-order valence-corrected chi connectivity index (χ3v) is 4.48. The van der Waals surface area contributed by atoms with Crippen LogP contribution in [0.2, 0.25) is 0 Å². The van der Waals surface area contributed by atoms with Crippen molar-refractivity contribution in [2.45, 2.75) is 44.4 Å². The van der Waals surface area contributed by atoms with Gasteiger partial charge in [0.05, 0.1) is 12.2 Å². The SMILES string of the molecule is O=C(NCc1csc(NC(=O)[C@H]2CCCO2)n1)[C@@H]1CCCO1. The Morgan fingerprint density at radius 2 is 1.86 bits per heavy atom. The molecule has 2 aliphatic rings. The molecule has 2 N–H and O–H groups in total. The van der Waals surface area contributed by atoms with Gasteiger partial charge in [-0.3, -0.25) is 14.9 Å². The van der Waals surface area contributed by atoms with E-state index in [1.807, 2.05) is 5.38 Å². The van der Waals surface area contributed by atoms with Gasteiger partial charge in [-0.1, -0.05) is 0 Å². The van der Waals surface area contributed by atoms with E-state index < -0.39 is 0 Å². The minimum absolute atomic E-state index is 0.101. The van der Waals surface area contributed by atoms with Gasteiger partial charge in [-0.2, -0.15) is 0 Å². The topological polar surface area (TPSA) is 89.6 Å². The van der Waals surface area contributed by atoms with Gasteiger partial charge >= 0.3 is 0 Å². The summed E-state index contributed by atoms with van der Waals surface area (Å²) in [5, 5.41) is 7.91. The van der Waals surface area contributed by atoms with Crippen molar-refractivity contribution in [1.82, 2.24) is 10.3 Å². The normalized spacial score (nSPS) is 24.4. The average molecular weight is 325 g/mol. The molecule has 0 aliphatic carbocycles. The van der Waals surface area contributed by atoms with E-state index in [0.717, 1.165) is 31.4 Å². The molecule has 2 amide bonds. The van der Waals surface area contributed by atoms with Gasteiger partial charge in [0.15, 0.2) is 5.13 Å². The lowest BCUT2D eigenvalue weighted by molar-refractivity contribution is -0.130. The van der Waals surface area contributed by atoms with Crippen LogP contribution in [0, 0.1) is 0 Å². The Labute approximate surface area is 132 Å². The largest absolute Gasteiger partial charge is 0.368 e. The number of anilines is 1. The maximum Gasteiger partial charge on any atom is 0.255 e. The summed E-state index contributed by atoms with van der Waals surface area (Å²) in [5.74, 6) is -0.253. The number of ether oxygens (including phenoxy) is 2. The summed E-state index contributed by atoms with van der Waals surface area (Å²) >= 11 is 1.34. The second-order valence-electron chi connectivity index (χ2n) is 5.35. The summed E-state index contributed by atoms with van der Waals surface area (Å²) in [4.78, 5) is 28.0. The van der Waals surface area contributed by atoms with Crippen LogP contribution >= 0.6 is 11.3 Å². The molecule has 2 fully saturated rings. The second-order valence-corrected chi connectivity index (χ2v) is 6.21. The average Bonchev–Trinajstić information content (AvgIpc) is 3.25. The number of hydrogen-bond acceptors (Lipinski definition) is 6. The highest BCUT2D eigenvalue weighted by atomic mass is 32.1. The van der Waals surface area contributed by atoms with Gasteiger partial charge in [0.1, 0.15) is 12.2 Å². The van der Waals surface area contributed by atoms with Crippen LogP contribution in [-0.2, 0) is 25.6 Å². The van der Waals surface area contributed by atoms with Crippen LogP contribution in [0.4, 0.5) is 5.13 Å². The van der Waals surface area contributed by atoms with Gasteiger partial charge in [0, 0.05) is 18.6 Å². The zero-order valence-electron chi connectivity index (χ0n) is 12.2. The highest BCUT2D eigenvalue weighted by Crippen LogP contribution is 2.19. The molecular weight excluding hydrogens is 306 g/mol. The first-order valence-corrected chi connectivity index (χ1v) is 8.36. The van der Waals surface area contributed by atoms with Crippen LogP contribution in [0.1, 0.15) is 31.4 Å². The summed E-state index contributed by atoms with van der Waals surface area (Å²) in [5.41, 5.74) is 0.721. The van der Waals surface area contributed by atoms with Gasteiger partial charge in [-0.05, 0) is 25.7 Å². The minimum Gasteiger partial charge on any atom is -0.368 e. The quantitative estimate of drug-likeness (QED) is 0.845. The number of amides is 2. The molecule has 0 saturated carbocycles. The third-order valence-electron chi connectivity index (χ3n) is 3.67. The molecule has 2 saturated heterocycles. The van der Waals surface area contributed by atoms with E-state index in [1.54, 1.807) is 0 Å². The van der Waals surface area contributed by atoms with Gasteiger partial charge in [0.2, 0.25) is 5.91 Å². The molecule has 22 heavy (non-hydrogen) atoms. The zero-order chi connectivity index (χ0) is 15.4. The first-order valence-electron chi connectivity index (χ1n) is 7.48. The van der Waals surface area contributed by atoms with Crippen molar-refractivity contribution in [3.8, 4) is 0 Å². The summed E-state index contributed by atoms with van der Waals surface area (Å²) in [6, 6.07) is 0. The summed E-state index contributed by atoms with van der Waals surface area (Å²) in [7, 11) is 0. The summed E-state index contributed by atoms with van der Waals surface area (Å²) in [6.45, 7) is 1.62. The molecule has 3 rings (SSSR count). The van der Waals surface area contributed by atoms with Crippen LogP contribution in [0.15, 0.2) is 5.38 Å². The standard InChI is InChI=1S/C14H19N3O4S/c18-12(10-3-1-5-20-10)15-7-9-8-22-14(16-9)17-13(19)11-4-2-6-21-11/h8,10-11H,1-7H2,(H,15,18)(H,16,17,19)/t10-,11+/m0/s1.